The molecule has 2 rings (SSSR count). The van der Waals surface area contributed by atoms with Crippen LogP contribution in [-0.4, -0.2) is 35.1 Å². The van der Waals surface area contributed by atoms with E-state index in [9.17, 15) is 9.90 Å². The Bertz CT molecular complexity index is 465. The molecule has 1 N–H and O–H groups in total. The lowest BCUT2D eigenvalue weighted by atomic mass is 10.1. The summed E-state index contributed by atoms with van der Waals surface area (Å²) in [5.41, 5.74) is 0.648. The third-order valence-electron chi connectivity index (χ3n) is 3.51. The minimum atomic E-state index is -0.0547. The molecule has 0 spiro atoms. The van der Waals surface area contributed by atoms with Crippen molar-refractivity contribution in [2.75, 3.05) is 13.2 Å². The van der Waals surface area contributed by atoms with Gasteiger partial charge in [0.25, 0.3) is 5.91 Å². The van der Waals surface area contributed by atoms with Crippen molar-refractivity contribution in [3.8, 4) is 0 Å². The Hall–Kier alpha value is -0.390. The minimum Gasteiger partial charge on any atom is -0.394 e. The van der Waals surface area contributed by atoms with E-state index in [2.05, 4.69) is 31.9 Å². The van der Waals surface area contributed by atoms with Crippen LogP contribution in [0.15, 0.2) is 27.1 Å². The van der Waals surface area contributed by atoms with Crippen LogP contribution in [0.4, 0.5) is 0 Å². The van der Waals surface area contributed by atoms with Crippen LogP contribution in [0.2, 0.25) is 0 Å². The summed E-state index contributed by atoms with van der Waals surface area (Å²) in [6, 6.07) is 5.53. The highest BCUT2D eigenvalue weighted by Gasteiger charge is 2.26. The lowest BCUT2D eigenvalue weighted by Gasteiger charge is -2.29. The molecule has 5 heteroatoms. The molecule has 3 nitrogen and oxygen atoms in total. The monoisotopic (exact) mass is 389 g/mol. The van der Waals surface area contributed by atoms with Gasteiger partial charge in [-0.25, -0.2) is 0 Å². The number of rotatable bonds is 2. The van der Waals surface area contributed by atoms with Crippen LogP contribution in [0.3, 0.4) is 0 Å². The minimum absolute atomic E-state index is 0.00544. The van der Waals surface area contributed by atoms with Crippen molar-refractivity contribution in [1.82, 2.24) is 4.90 Å². The molecule has 0 saturated carbocycles. The molecule has 104 valence electrons. The van der Waals surface area contributed by atoms with E-state index in [-0.39, 0.29) is 18.6 Å². The first-order valence-electron chi connectivity index (χ1n) is 6.50. The third-order valence-corrected chi connectivity index (χ3v) is 4.69. The van der Waals surface area contributed by atoms with Gasteiger partial charge in [-0.15, -0.1) is 0 Å². The average molecular weight is 391 g/mol. The molecule has 1 fully saturated rings. The number of amides is 1. The fourth-order valence-corrected chi connectivity index (χ4v) is 3.23. The molecule has 1 saturated heterocycles. The molecule has 1 heterocycles. The van der Waals surface area contributed by atoms with Crippen molar-refractivity contribution in [3.05, 3.63) is 32.7 Å². The maximum atomic E-state index is 12.7. The Labute approximate surface area is 130 Å². The Morgan fingerprint density at radius 1 is 1.32 bits per heavy atom. The van der Waals surface area contributed by atoms with Gasteiger partial charge in [0.1, 0.15) is 0 Å². The molecular weight excluding hydrogens is 374 g/mol. The normalized spacial score (nSPS) is 20.2. The van der Waals surface area contributed by atoms with Crippen molar-refractivity contribution in [1.29, 1.82) is 0 Å². The molecule has 1 atom stereocenters. The maximum Gasteiger partial charge on any atom is 0.255 e. The predicted molar refractivity (Wildman–Crippen MR) is 82.2 cm³/mol. The Kier molecular flexibility index (Phi) is 5.42. The Balaban J connectivity index is 2.27. The highest BCUT2D eigenvalue weighted by atomic mass is 79.9. The van der Waals surface area contributed by atoms with Crippen LogP contribution in [-0.2, 0) is 0 Å². The quantitative estimate of drug-likeness (QED) is 0.838. The summed E-state index contributed by atoms with van der Waals surface area (Å²) < 4.78 is 1.68. The van der Waals surface area contributed by atoms with Gasteiger partial charge in [-0.05, 0) is 47.0 Å². The fraction of sp³-hybridized carbons (Fsp3) is 0.500. The maximum absolute atomic E-state index is 12.7. The van der Waals surface area contributed by atoms with Crippen molar-refractivity contribution in [3.63, 3.8) is 0 Å². The average Bonchev–Trinajstić information content (AvgIpc) is 2.65. The van der Waals surface area contributed by atoms with Crippen molar-refractivity contribution in [2.45, 2.75) is 31.7 Å². The van der Waals surface area contributed by atoms with Gasteiger partial charge in [0, 0.05) is 15.5 Å². The van der Waals surface area contributed by atoms with Gasteiger partial charge in [0.05, 0.1) is 18.2 Å². The number of carbonyl (C=O) groups is 1. The number of halogens is 2. The molecule has 19 heavy (non-hydrogen) atoms. The van der Waals surface area contributed by atoms with Crippen LogP contribution < -0.4 is 0 Å². The van der Waals surface area contributed by atoms with Crippen LogP contribution >= 0.6 is 31.9 Å². The van der Waals surface area contributed by atoms with E-state index in [0.29, 0.717) is 5.56 Å². The number of nitrogens with zero attached hydrogens (tertiary/aromatic N) is 1. The van der Waals surface area contributed by atoms with Gasteiger partial charge in [0.2, 0.25) is 0 Å². The SMILES string of the molecule is O=C(c1cc(Br)ccc1Br)N1CCCCCC1CO. The first-order chi connectivity index (χ1) is 9.13. The lowest BCUT2D eigenvalue weighted by molar-refractivity contribution is 0.0599. The number of carbonyl (C=O) groups excluding carboxylic acids is 1. The second kappa shape index (κ2) is 6.86. The van der Waals surface area contributed by atoms with E-state index < -0.39 is 0 Å². The largest absolute Gasteiger partial charge is 0.394 e. The highest BCUT2D eigenvalue weighted by molar-refractivity contribution is 9.11. The molecule has 0 radical (unpaired) electrons. The smallest absolute Gasteiger partial charge is 0.255 e. The van der Waals surface area contributed by atoms with E-state index in [1.54, 1.807) is 0 Å². The van der Waals surface area contributed by atoms with Crippen molar-refractivity contribution < 1.29 is 9.90 Å². The fourth-order valence-electron chi connectivity index (χ4n) is 2.45. The van der Waals surface area contributed by atoms with Crippen molar-refractivity contribution in [2.24, 2.45) is 0 Å². The van der Waals surface area contributed by atoms with E-state index in [1.165, 1.54) is 0 Å². The summed E-state index contributed by atoms with van der Waals surface area (Å²) >= 11 is 6.82. The number of likely N-dealkylation sites (tertiary alicyclic amines) is 1. The van der Waals surface area contributed by atoms with E-state index in [4.69, 9.17) is 0 Å². The van der Waals surface area contributed by atoms with Gasteiger partial charge in [0.15, 0.2) is 0 Å². The molecule has 1 aliphatic rings. The number of benzene rings is 1. The Morgan fingerprint density at radius 2 is 2.11 bits per heavy atom. The molecule has 0 aliphatic carbocycles. The molecule has 0 aromatic heterocycles. The summed E-state index contributed by atoms with van der Waals surface area (Å²) in [6.07, 6.45) is 4.09. The first kappa shape index (κ1) is 15.0. The summed E-state index contributed by atoms with van der Waals surface area (Å²) in [5.74, 6) is -0.00544. The topological polar surface area (TPSA) is 40.5 Å². The molecule has 0 bridgehead atoms. The number of hydrogen-bond acceptors (Lipinski definition) is 2. The van der Waals surface area contributed by atoms with Gasteiger partial charge < -0.3 is 10.0 Å². The summed E-state index contributed by atoms with van der Waals surface area (Å²) in [7, 11) is 0. The van der Waals surface area contributed by atoms with Crippen LogP contribution in [0.5, 0.6) is 0 Å². The van der Waals surface area contributed by atoms with Crippen molar-refractivity contribution >= 4 is 37.8 Å². The third kappa shape index (κ3) is 3.58. The van der Waals surface area contributed by atoms with Gasteiger partial charge in [-0.2, -0.15) is 0 Å². The molecule has 1 amide bonds. The van der Waals surface area contributed by atoms with Gasteiger partial charge in [-0.3, -0.25) is 4.79 Å². The number of hydrogen-bond donors (Lipinski definition) is 1. The van der Waals surface area contributed by atoms with Crippen LogP contribution in [0, 0.1) is 0 Å². The zero-order valence-electron chi connectivity index (χ0n) is 10.6. The van der Waals surface area contributed by atoms with E-state index >= 15 is 0 Å². The second-order valence-corrected chi connectivity index (χ2v) is 6.58. The summed E-state index contributed by atoms with van der Waals surface area (Å²) in [4.78, 5) is 14.5. The predicted octanol–water partition coefficient (Wildman–Crippen LogP) is 3.59. The van der Waals surface area contributed by atoms with Crippen LogP contribution in [0.1, 0.15) is 36.0 Å². The second-order valence-electron chi connectivity index (χ2n) is 4.81. The van der Waals surface area contributed by atoms with E-state index in [0.717, 1.165) is 41.2 Å². The summed E-state index contributed by atoms with van der Waals surface area (Å²) in [6.45, 7) is 0.764. The van der Waals surface area contributed by atoms with Crippen LogP contribution in [0.25, 0.3) is 0 Å². The zero-order chi connectivity index (χ0) is 13.8. The highest BCUT2D eigenvalue weighted by Crippen LogP contribution is 2.25. The number of aliphatic hydroxyl groups excluding tert-OH is 1. The van der Waals surface area contributed by atoms with E-state index in [1.807, 2.05) is 23.1 Å². The lowest BCUT2D eigenvalue weighted by Crippen LogP contribution is -2.42. The first-order valence-corrected chi connectivity index (χ1v) is 8.09. The standard InChI is InChI=1S/C14H17Br2NO2/c15-10-5-6-13(16)12(8-10)14(19)17-7-3-1-2-4-11(17)9-18/h5-6,8,11,18H,1-4,7,9H2. The Morgan fingerprint density at radius 3 is 2.84 bits per heavy atom. The number of aliphatic hydroxyl groups is 1. The molecule has 1 aromatic rings. The molecule has 1 unspecified atom stereocenters. The molecular formula is C14H17Br2NO2. The summed E-state index contributed by atoms with van der Waals surface area (Å²) in [5, 5.41) is 9.49. The molecule has 1 aliphatic heterocycles. The molecule has 1 aromatic carbocycles. The zero-order valence-corrected chi connectivity index (χ0v) is 13.8. The van der Waals surface area contributed by atoms with Gasteiger partial charge in [-0.1, -0.05) is 28.8 Å². The van der Waals surface area contributed by atoms with Gasteiger partial charge >= 0.3 is 0 Å².